The maximum absolute atomic E-state index is 12.0. The lowest BCUT2D eigenvalue weighted by Gasteiger charge is -2.11. The van der Waals surface area contributed by atoms with E-state index in [0.717, 1.165) is 11.5 Å². The van der Waals surface area contributed by atoms with Gasteiger partial charge in [-0.25, -0.2) is 9.97 Å². The fraction of sp³-hybridized carbons (Fsp3) is 0.312. The van der Waals surface area contributed by atoms with E-state index in [0.29, 0.717) is 18.3 Å². The molecule has 0 aliphatic carbocycles. The molecule has 0 saturated carbocycles. The molecule has 1 amide bonds. The normalized spacial score (nSPS) is 11.6. The second-order valence-electron chi connectivity index (χ2n) is 4.60. The molecule has 0 spiro atoms. The van der Waals surface area contributed by atoms with Gasteiger partial charge < -0.3 is 9.47 Å². The van der Waals surface area contributed by atoms with Gasteiger partial charge in [-0.15, -0.1) is 11.8 Å². The standard InChI is InChI=1S/C16H19N3O3S/c1-12(15(20)19-16-17-8-3-9-18-16)23-11-10-22-14-6-4-13(21-2)5-7-14/h3-9,12H,10-11H2,1-2H3,(H,17,18,19,20)/t12-/m1/s1. The molecule has 122 valence electrons. The first-order valence-corrected chi connectivity index (χ1v) is 8.20. The van der Waals surface area contributed by atoms with E-state index in [1.807, 2.05) is 31.2 Å². The van der Waals surface area contributed by atoms with Crippen molar-refractivity contribution in [1.29, 1.82) is 0 Å². The van der Waals surface area contributed by atoms with Crippen molar-refractivity contribution in [3.63, 3.8) is 0 Å². The number of carbonyl (C=O) groups is 1. The number of nitrogens with one attached hydrogen (secondary N) is 1. The summed E-state index contributed by atoms with van der Waals surface area (Å²) >= 11 is 1.51. The first-order valence-electron chi connectivity index (χ1n) is 7.15. The number of methoxy groups -OCH3 is 1. The molecule has 0 unspecified atom stereocenters. The van der Waals surface area contributed by atoms with Crippen LogP contribution in [0.15, 0.2) is 42.7 Å². The van der Waals surface area contributed by atoms with Gasteiger partial charge in [0.1, 0.15) is 11.5 Å². The van der Waals surface area contributed by atoms with Gasteiger partial charge in [-0.1, -0.05) is 0 Å². The van der Waals surface area contributed by atoms with Gasteiger partial charge >= 0.3 is 0 Å². The Morgan fingerprint density at radius 1 is 1.22 bits per heavy atom. The number of hydrogen-bond acceptors (Lipinski definition) is 6. The zero-order valence-electron chi connectivity index (χ0n) is 13.1. The molecule has 1 aromatic carbocycles. The topological polar surface area (TPSA) is 73.3 Å². The Labute approximate surface area is 139 Å². The first-order chi connectivity index (χ1) is 11.2. The Morgan fingerprint density at radius 2 is 1.87 bits per heavy atom. The number of rotatable bonds is 8. The summed E-state index contributed by atoms with van der Waals surface area (Å²) in [6, 6.07) is 9.10. The van der Waals surface area contributed by atoms with Crippen LogP contribution in [0.25, 0.3) is 0 Å². The summed E-state index contributed by atoms with van der Waals surface area (Å²) in [5, 5.41) is 2.47. The van der Waals surface area contributed by atoms with Crippen LogP contribution in [0.2, 0.25) is 0 Å². The van der Waals surface area contributed by atoms with E-state index in [2.05, 4.69) is 15.3 Å². The lowest BCUT2D eigenvalue weighted by atomic mass is 10.3. The predicted molar refractivity (Wildman–Crippen MR) is 91.1 cm³/mol. The average Bonchev–Trinajstić information content (AvgIpc) is 2.60. The Hall–Kier alpha value is -2.28. The maximum atomic E-state index is 12.0. The van der Waals surface area contributed by atoms with Crippen LogP contribution < -0.4 is 14.8 Å². The van der Waals surface area contributed by atoms with E-state index in [9.17, 15) is 4.79 Å². The van der Waals surface area contributed by atoms with Crippen LogP contribution in [-0.2, 0) is 4.79 Å². The van der Waals surface area contributed by atoms with Crippen molar-refractivity contribution in [1.82, 2.24) is 9.97 Å². The van der Waals surface area contributed by atoms with Crippen LogP contribution >= 0.6 is 11.8 Å². The molecular weight excluding hydrogens is 314 g/mol. The van der Waals surface area contributed by atoms with Crippen molar-refractivity contribution in [2.24, 2.45) is 0 Å². The summed E-state index contributed by atoms with van der Waals surface area (Å²) in [5.74, 6) is 2.47. The van der Waals surface area contributed by atoms with Gasteiger partial charge in [0.2, 0.25) is 11.9 Å². The van der Waals surface area contributed by atoms with Gasteiger partial charge in [0.05, 0.1) is 19.0 Å². The Morgan fingerprint density at radius 3 is 2.52 bits per heavy atom. The molecule has 1 N–H and O–H groups in total. The highest BCUT2D eigenvalue weighted by atomic mass is 32.2. The summed E-state index contributed by atoms with van der Waals surface area (Å²) in [6.07, 6.45) is 3.17. The largest absolute Gasteiger partial charge is 0.497 e. The average molecular weight is 333 g/mol. The SMILES string of the molecule is COc1ccc(OCCS[C@H](C)C(=O)Nc2ncccn2)cc1. The molecule has 0 bridgehead atoms. The van der Waals surface area contributed by atoms with Crippen molar-refractivity contribution in [2.45, 2.75) is 12.2 Å². The molecule has 1 atom stereocenters. The number of benzene rings is 1. The minimum absolute atomic E-state index is 0.120. The molecule has 0 radical (unpaired) electrons. The van der Waals surface area contributed by atoms with Gasteiger partial charge in [0.15, 0.2) is 0 Å². The zero-order valence-corrected chi connectivity index (χ0v) is 13.9. The van der Waals surface area contributed by atoms with E-state index < -0.39 is 0 Å². The molecule has 1 aromatic heterocycles. The first kappa shape index (κ1) is 17.1. The minimum Gasteiger partial charge on any atom is -0.497 e. The van der Waals surface area contributed by atoms with Crippen LogP contribution in [0.5, 0.6) is 11.5 Å². The fourth-order valence-corrected chi connectivity index (χ4v) is 2.45. The van der Waals surface area contributed by atoms with Crippen molar-refractivity contribution in [3.8, 4) is 11.5 Å². The number of carbonyl (C=O) groups excluding carboxylic acids is 1. The molecule has 0 aliphatic heterocycles. The quantitative estimate of drug-likeness (QED) is 0.749. The summed E-state index contributed by atoms with van der Waals surface area (Å²) < 4.78 is 10.7. The van der Waals surface area contributed by atoms with Crippen molar-refractivity contribution in [2.75, 3.05) is 24.8 Å². The lowest BCUT2D eigenvalue weighted by molar-refractivity contribution is -0.115. The Balaban J connectivity index is 1.67. The van der Waals surface area contributed by atoms with E-state index in [4.69, 9.17) is 9.47 Å². The van der Waals surface area contributed by atoms with Gasteiger partial charge in [0.25, 0.3) is 0 Å². The van der Waals surface area contributed by atoms with Crippen LogP contribution in [0.1, 0.15) is 6.92 Å². The molecule has 1 heterocycles. The van der Waals surface area contributed by atoms with Gasteiger partial charge in [0, 0.05) is 18.1 Å². The summed E-state index contributed by atoms with van der Waals surface area (Å²) in [4.78, 5) is 19.9. The highest BCUT2D eigenvalue weighted by molar-refractivity contribution is 8.00. The van der Waals surface area contributed by atoms with Crippen molar-refractivity contribution < 1.29 is 14.3 Å². The molecule has 2 aromatic rings. The second kappa shape index (κ2) is 8.99. The van der Waals surface area contributed by atoms with Gasteiger partial charge in [-0.2, -0.15) is 0 Å². The fourth-order valence-electron chi connectivity index (χ4n) is 1.71. The number of hydrogen-bond donors (Lipinski definition) is 1. The number of aromatic nitrogens is 2. The molecule has 6 nitrogen and oxygen atoms in total. The van der Waals surface area contributed by atoms with E-state index in [1.165, 1.54) is 11.8 Å². The zero-order chi connectivity index (χ0) is 16.5. The van der Waals surface area contributed by atoms with Crippen molar-refractivity contribution >= 4 is 23.6 Å². The van der Waals surface area contributed by atoms with Crippen LogP contribution in [0, 0.1) is 0 Å². The van der Waals surface area contributed by atoms with Crippen molar-refractivity contribution in [3.05, 3.63) is 42.7 Å². The minimum atomic E-state index is -0.210. The second-order valence-corrected chi connectivity index (χ2v) is 6.05. The Bertz CT molecular complexity index is 608. The van der Waals surface area contributed by atoms with E-state index in [1.54, 1.807) is 25.6 Å². The smallest absolute Gasteiger partial charge is 0.239 e. The van der Waals surface area contributed by atoms with E-state index in [-0.39, 0.29) is 11.2 Å². The molecule has 0 saturated heterocycles. The van der Waals surface area contributed by atoms with E-state index >= 15 is 0 Å². The monoisotopic (exact) mass is 333 g/mol. The number of thioether (sulfide) groups is 1. The number of anilines is 1. The van der Waals surface area contributed by atoms with Gasteiger partial charge in [-0.3, -0.25) is 10.1 Å². The molecule has 0 fully saturated rings. The van der Waals surface area contributed by atoms with Gasteiger partial charge in [-0.05, 0) is 37.3 Å². The highest BCUT2D eigenvalue weighted by Gasteiger charge is 2.14. The predicted octanol–water partition coefficient (Wildman–Crippen LogP) is 2.62. The number of nitrogens with zero attached hydrogens (tertiary/aromatic N) is 2. The molecule has 23 heavy (non-hydrogen) atoms. The van der Waals surface area contributed by atoms with Crippen LogP contribution in [0.3, 0.4) is 0 Å². The number of ether oxygens (including phenoxy) is 2. The maximum Gasteiger partial charge on any atom is 0.239 e. The summed E-state index contributed by atoms with van der Waals surface area (Å²) in [7, 11) is 1.62. The van der Waals surface area contributed by atoms with Crippen LogP contribution in [0.4, 0.5) is 5.95 Å². The summed E-state index contributed by atoms with van der Waals surface area (Å²) in [5.41, 5.74) is 0. The number of amides is 1. The molecule has 0 aliphatic rings. The molecule has 2 rings (SSSR count). The lowest BCUT2D eigenvalue weighted by Crippen LogP contribution is -2.24. The third kappa shape index (κ3) is 5.78. The third-order valence-electron chi connectivity index (χ3n) is 2.95. The summed E-state index contributed by atoms with van der Waals surface area (Å²) in [6.45, 7) is 2.37. The Kier molecular flexibility index (Phi) is 6.68. The molecule has 7 heteroatoms. The highest BCUT2D eigenvalue weighted by Crippen LogP contribution is 2.18. The third-order valence-corrected chi connectivity index (χ3v) is 4.07. The molecular formula is C16H19N3O3S. The van der Waals surface area contributed by atoms with Crippen LogP contribution in [-0.4, -0.2) is 40.6 Å².